The zero-order valence-corrected chi connectivity index (χ0v) is 18.7. The van der Waals surface area contributed by atoms with E-state index in [0.29, 0.717) is 36.6 Å². The molecule has 2 aromatic heterocycles. The Morgan fingerprint density at radius 3 is 3.03 bits per heavy atom. The van der Waals surface area contributed by atoms with Crippen LogP contribution < -0.4 is 10.5 Å². The minimum Gasteiger partial charge on any atom is -0.496 e. The Labute approximate surface area is 181 Å². The van der Waals surface area contributed by atoms with Crippen molar-refractivity contribution in [1.29, 1.82) is 0 Å². The van der Waals surface area contributed by atoms with Gasteiger partial charge in [0.1, 0.15) is 23.9 Å². The summed E-state index contributed by atoms with van der Waals surface area (Å²) in [6.07, 6.45) is 3.13. The minimum atomic E-state index is -3.37. The third-order valence-electron chi connectivity index (χ3n) is 4.66. The van der Waals surface area contributed by atoms with Crippen LogP contribution in [0.25, 0.3) is 11.2 Å². The van der Waals surface area contributed by atoms with Crippen LogP contribution in [0.2, 0.25) is 0 Å². The van der Waals surface area contributed by atoms with Gasteiger partial charge in [-0.2, -0.15) is 0 Å². The van der Waals surface area contributed by atoms with Crippen LogP contribution in [-0.2, 0) is 24.9 Å². The highest BCUT2D eigenvalue weighted by molar-refractivity contribution is 9.10. The third kappa shape index (κ3) is 4.50. The number of halogens is 1. The highest BCUT2D eigenvalue weighted by Crippen LogP contribution is 2.56. The highest BCUT2D eigenvalue weighted by Gasteiger charge is 2.34. The van der Waals surface area contributed by atoms with E-state index in [1.807, 2.05) is 18.2 Å². The molecule has 1 aliphatic heterocycles. The van der Waals surface area contributed by atoms with Crippen molar-refractivity contribution in [3.8, 4) is 5.75 Å². The molecule has 0 saturated carbocycles. The van der Waals surface area contributed by atoms with Crippen LogP contribution in [0, 0.1) is 0 Å². The van der Waals surface area contributed by atoms with Crippen LogP contribution in [0.4, 0.5) is 5.82 Å². The summed E-state index contributed by atoms with van der Waals surface area (Å²) >= 11 is 3.46. The summed E-state index contributed by atoms with van der Waals surface area (Å²) < 4.78 is 37.7. The van der Waals surface area contributed by atoms with Crippen LogP contribution in [-0.4, -0.2) is 46.2 Å². The van der Waals surface area contributed by atoms with Gasteiger partial charge in [0.15, 0.2) is 11.5 Å². The quantitative estimate of drug-likeness (QED) is 0.385. The van der Waals surface area contributed by atoms with Gasteiger partial charge in [-0.25, -0.2) is 15.0 Å². The van der Waals surface area contributed by atoms with Crippen LogP contribution in [0.1, 0.15) is 18.1 Å². The number of hydrogen-bond acceptors (Lipinski definition) is 9. The van der Waals surface area contributed by atoms with E-state index in [0.717, 1.165) is 15.8 Å². The summed E-state index contributed by atoms with van der Waals surface area (Å²) in [5.74, 6) is 1.04. The van der Waals surface area contributed by atoms with Crippen LogP contribution in [0.5, 0.6) is 5.75 Å². The summed E-state index contributed by atoms with van der Waals surface area (Å²) in [5.41, 5.74) is 7.84. The smallest absolute Gasteiger partial charge is 0.356 e. The minimum absolute atomic E-state index is 0.134. The molecule has 3 heterocycles. The lowest BCUT2D eigenvalue weighted by atomic mass is 10.1. The standard InChI is InChI=1S/C18H21BrN5O5P/c1-26-15-3-2-12(8-13(15)19)14-4-6-28-30(25,29-14)11-27-7-5-24-10-23-16-17(20)21-9-22-18(16)24/h2-3,8-10,14H,4-7,11H2,1H3,(H2,20,21,22). The Morgan fingerprint density at radius 2 is 2.23 bits per heavy atom. The molecule has 3 aromatic rings. The number of rotatable bonds is 7. The maximum Gasteiger partial charge on any atom is 0.356 e. The summed E-state index contributed by atoms with van der Waals surface area (Å²) in [6, 6.07) is 5.63. The van der Waals surface area contributed by atoms with Gasteiger partial charge in [0.25, 0.3) is 0 Å². The van der Waals surface area contributed by atoms with Crippen molar-refractivity contribution in [2.24, 2.45) is 0 Å². The number of nitrogen functional groups attached to an aromatic ring is 1. The third-order valence-corrected chi connectivity index (χ3v) is 6.93. The first-order valence-electron chi connectivity index (χ1n) is 9.23. The van der Waals surface area contributed by atoms with Gasteiger partial charge in [-0.05, 0) is 33.6 Å². The number of aromatic nitrogens is 4. The molecule has 2 unspecified atom stereocenters. The molecule has 1 fully saturated rings. The van der Waals surface area contributed by atoms with Crippen molar-refractivity contribution in [3.63, 3.8) is 0 Å². The van der Waals surface area contributed by atoms with E-state index in [9.17, 15) is 4.57 Å². The number of hydrogen-bond donors (Lipinski definition) is 1. The van der Waals surface area contributed by atoms with Gasteiger partial charge in [0, 0.05) is 13.0 Å². The van der Waals surface area contributed by atoms with E-state index < -0.39 is 7.60 Å². The molecule has 0 bridgehead atoms. The van der Waals surface area contributed by atoms with Crippen molar-refractivity contribution >= 4 is 40.5 Å². The van der Waals surface area contributed by atoms with Crippen LogP contribution in [0.3, 0.4) is 0 Å². The Hall–Kier alpha value is -2.04. The summed E-state index contributed by atoms with van der Waals surface area (Å²) in [7, 11) is -1.77. The van der Waals surface area contributed by atoms with E-state index in [-0.39, 0.29) is 19.1 Å². The fourth-order valence-electron chi connectivity index (χ4n) is 3.16. The molecule has 0 amide bonds. The first kappa shape index (κ1) is 21.2. The van der Waals surface area contributed by atoms with Gasteiger partial charge in [0.2, 0.25) is 0 Å². The molecular weight excluding hydrogens is 477 g/mol. The molecule has 2 atom stereocenters. The highest BCUT2D eigenvalue weighted by atomic mass is 79.9. The zero-order chi connectivity index (χ0) is 21.1. The number of anilines is 1. The number of imidazole rings is 1. The lowest BCUT2D eigenvalue weighted by Crippen LogP contribution is -2.17. The molecule has 2 N–H and O–H groups in total. The number of fused-ring (bicyclic) bond motifs is 1. The van der Waals surface area contributed by atoms with E-state index in [1.165, 1.54) is 6.33 Å². The monoisotopic (exact) mass is 497 g/mol. The van der Waals surface area contributed by atoms with Gasteiger partial charge in [-0.3, -0.25) is 9.09 Å². The number of nitrogens with zero attached hydrogens (tertiary/aromatic N) is 4. The van der Waals surface area contributed by atoms with Crippen LogP contribution >= 0.6 is 23.5 Å². The maximum atomic E-state index is 13.0. The summed E-state index contributed by atoms with van der Waals surface area (Å²) in [6.45, 7) is 1.07. The maximum absolute atomic E-state index is 13.0. The number of nitrogens with two attached hydrogens (primary N) is 1. The first-order valence-corrected chi connectivity index (χ1v) is 11.8. The number of benzene rings is 1. The lowest BCUT2D eigenvalue weighted by molar-refractivity contribution is 0.0563. The molecule has 0 aliphatic carbocycles. The van der Waals surface area contributed by atoms with Gasteiger partial charge < -0.3 is 24.3 Å². The summed E-state index contributed by atoms with van der Waals surface area (Å²) in [5, 5.41) is 0. The SMILES string of the molecule is COc1ccc(C2CCOP(=O)(COCCn3cnc4c(N)ncnc43)O2)cc1Br. The molecule has 1 aliphatic rings. The van der Waals surface area contributed by atoms with Crippen LogP contribution in [0.15, 0.2) is 35.3 Å². The van der Waals surface area contributed by atoms with E-state index in [2.05, 4.69) is 30.9 Å². The molecular formula is C18H21BrN5O5P. The second-order valence-electron chi connectivity index (χ2n) is 6.63. The average molecular weight is 498 g/mol. The molecule has 30 heavy (non-hydrogen) atoms. The Bertz CT molecular complexity index is 1090. The molecule has 10 nitrogen and oxygen atoms in total. The van der Waals surface area contributed by atoms with Crippen molar-refractivity contribution in [2.45, 2.75) is 19.1 Å². The van der Waals surface area contributed by atoms with Gasteiger partial charge in [-0.15, -0.1) is 0 Å². The predicted octanol–water partition coefficient (Wildman–Crippen LogP) is 3.53. The van der Waals surface area contributed by atoms with Crippen molar-refractivity contribution in [1.82, 2.24) is 19.5 Å². The first-order chi connectivity index (χ1) is 14.5. The molecule has 4 rings (SSSR count). The topological polar surface area (TPSA) is 124 Å². The molecule has 0 radical (unpaired) electrons. The molecule has 1 saturated heterocycles. The fourth-order valence-corrected chi connectivity index (χ4v) is 5.26. The van der Waals surface area contributed by atoms with Gasteiger partial charge >= 0.3 is 7.60 Å². The van der Waals surface area contributed by atoms with E-state index >= 15 is 0 Å². The van der Waals surface area contributed by atoms with Crippen molar-refractivity contribution < 1.29 is 23.1 Å². The predicted molar refractivity (Wildman–Crippen MR) is 113 cm³/mol. The van der Waals surface area contributed by atoms with Gasteiger partial charge in [-0.1, -0.05) is 6.07 Å². The summed E-state index contributed by atoms with van der Waals surface area (Å²) in [4.78, 5) is 12.3. The molecule has 1 aromatic carbocycles. The van der Waals surface area contributed by atoms with Crippen molar-refractivity contribution in [2.75, 3.05) is 32.4 Å². The molecule has 0 spiro atoms. The van der Waals surface area contributed by atoms with Crippen molar-refractivity contribution in [3.05, 3.63) is 40.9 Å². The largest absolute Gasteiger partial charge is 0.496 e. The lowest BCUT2D eigenvalue weighted by Gasteiger charge is -2.30. The second-order valence-corrected chi connectivity index (χ2v) is 9.43. The Balaban J connectivity index is 1.34. The molecule has 12 heteroatoms. The fraction of sp³-hybridized carbons (Fsp3) is 0.389. The van der Waals surface area contributed by atoms with E-state index in [1.54, 1.807) is 18.0 Å². The van der Waals surface area contributed by atoms with Gasteiger partial charge in [0.05, 0.1) is 37.2 Å². The zero-order valence-electron chi connectivity index (χ0n) is 16.2. The number of ether oxygens (including phenoxy) is 2. The normalized spacial score (nSPS) is 21.7. The van der Waals surface area contributed by atoms with E-state index in [4.69, 9.17) is 24.3 Å². The molecule has 160 valence electrons. The number of methoxy groups -OCH3 is 1. The Morgan fingerprint density at radius 1 is 1.37 bits per heavy atom. The second kappa shape index (κ2) is 8.99. The Kier molecular flexibility index (Phi) is 6.35. The average Bonchev–Trinajstić information content (AvgIpc) is 3.16.